The maximum atomic E-state index is 4.18. The molecule has 0 aliphatic rings. The summed E-state index contributed by atoms with van der Waals surface area (Å²) in [5, 5.41) is 7.62. The van der Waals surface area contributed by atoms with Gasteiger partial charge >= 0.3 is 0 Å². The zero-order valence-corrected chi connectivity index (χ0v) is 11.3. The van der Waals surface area contributed by atoms with Crippen LogP contribution in [0.1, 0.15) is 12.5 Å². The molecule has 0 aromatic carbocycles. The lowest BCUT2D eigenvalue weighted by atomic mass is 10.2. The molecule has 5 heteroatoms. The quantitative estimate of drug-likeness (QED) is 0.919. The van der Waals surface area contributed by atoms with Crippen LogP contribution in [0.4, 0.5) is 0 Å². The summed E-state index contributed by atoms with van der Waals surface area (Å²) in [7, 11) is 0. The van der Waals surface area contributed by atoms with Crippen molar-refractivity contribution in [3.63, 3.8) is 0 Å². The molecule has 1 atom stereocenters. The largest absolute Gasteiger partial charge is 0.308 e. The average molecular weight is 295 g/mol. The van der Waals surface area contributed by atoms with Crippen LogP contribution in [0.2, 0.25) is 0 Å². The van der Waals surface area contributed by atoms with Crippen LogP contribution in [0.3, 0.4) is 0 Å². The second-order valence-corrected chi connectivity index (χ2v) is 4.94. The second-order valence-electron chi connectivity index (χ2n) is 4.02. The van der Waals surface area contributed by atoms with Crippen molar-refractivity contribution < 1.29 is 0 Å². The molecule has 1 N–H and O–H groups in total. The molecule has 0 radical (unpaired) electrons. The summed E-state index contributed by atoms with van der Waals surface area (Å²) < 4.78 is 2.94. The third-order valence-electron chi connectivity index (χ3n) is 2.44. The highest BCUT2D eigenvalue weighted by molar-refractivity contribution is 9.10. The topological polar surface area (TPSA) is 42.7 Å². The Kier molecular flexibility index (Phi) is 4.28. The van der Waals surface area contributed by atoms with Crippen molar-refractivity contribution in [3.05, 3.63) is 47.0 Å². The Morgan fingerprint density at radius 3 is 3.06 bits per heavy atom. The van der Waals surface area contributed by atoms with E-state index >= 15 is 0 Å². The number of hydrogen-bond acceptors (Lipinski definition) is 3. The number of nitrogens with one attached hydrogen (secondary N) is 1. The SMILES string of the molecule is CC(Cn1cccn1)NCc1cncc(Br)c1. The van der Waals surface area contributed by atoms with Crippen molar-refractivity contribution in [1.82, 2.24) is 20.1 Å². The Bertz CT molecular complexity index is 455. The maximum Gasteiger partial charge on any atom is 0.0560 e. The fourth-order valence-corrected chi connectivity index (χ4v) is 2.01. The van der Waals surface area contributed by atoms with Crippen LogP contribution in [-0.4, -0.2) is 20.8 Å². The molecule has 0 aliphatic heterocycles. The first-order valence-electron chi connectivity index (χ1n) is 5.54. The molecule has 0 amide bonds. The molecule has 0 fully saturated rings. The van der Waals surface area contributed by atoms with Gasteiger partial charge in [0.1, 0.15) is 0 Å². The Labute approximate surface area is 109 Å². The summed E-state index contributed by atoms with van der Waals surface area (Å²) in [5.74, 6) is 0. The Balaban J connectivity index is 1.82. The Hall–Kier alpha value is -1.20. The Morgan fingerprint density at radius 1 is 1.47 bits per heavy atom. The number of hydrogen-bond donors (Lipinski definition) is 1. The lowest BCUT2D eigenvalue weighted by molar-refractivity contribution is 0.450. The smallest absolute Gasteiger partial charge is 0.0560 e. The van der Waals surface area contributed by atoms with E-state index in [1.807, 2.05) is 23.1 Å². The Morgan fingerprint density at radius 2 is 2.35 bits per heavy atom. The van der Waals surface area contributed by atoms with Gasteiger partial charge in [-0.1, -0.05) is 0 Å². The number of nitrogens with zero attached hydrogens (tertiary/aromatic N) is 3. The monoisotopic (exact) mass is 294 g/mol. The van der Waals surface area contributed by atoms with E-state index in [2.05, 4.69) is 44.3 Å². The van der Waals surface area contributed by atoms with Gasteiger partial charge in [-0.15, -0.1) is 0 Å². The molecule has 0 spiro atoms. The summed E-state index contributed by atoms with van der Waals surface area (Å²) >= 11 is 3.41. The summed E-state index contributed by atoms with van der Waals surface area (Å²) in [6, 6.07) is 4.37. The minimum absolute atomic E-state index is 0.369. The van der Waals surface area contributed by atoms with Crippen molar-refractivity contribution in [2.75, 3.05) is 0 Å². The van der Waals surface area contributed by atoms with Gasteiger partial charge < -0.3 is 5.32 Å². The standard InChI is InChI=1S/C12H15BrN4/c1-10(9-17-4-2-3-16-17)15-7-11-5-12(13)8-14-6-11/h2-6,8,10,15H,7,9H2,1H3. The lowest BCUT2D eigenvalue weighted by Crippen LogP contribution is -2.30. The fraction of sp³-hybridized carbons (Fsp3) is 0.333. The molecule has 0 saturated heterocycles. The first-order chi connectivity index (χ1) is 8.24. The minimum atomic E-state index is 0.369. The van der Waals surface area contributed by atoms with Gasteiger partial charge in [0.15, 0.2) is 0 Å². The number of aromatic nitrogens is 3. The lowest BCUT2D eigenvalue weighted by Gasteiger charge is -2.13. The van der Waals surface area contributed by atoms with E-state index in [0.717, 1.165) is 17.6 Å². The molecule has 2 rings (SSSR count). The van der Waals surface area contributed by atoms with Crippen LogP contribution in [-0.2, 0) is 13.1 Å². The van der Waals surface area contributed by atoms with Gasteiger partial charge in [0.05, 0.1) is 6.54 Å². The molecule has 2 aromatic heterocycles. The highest BCUT2D eigenvalue weighted by atomic mass is 79.9. The summed E-state index contributed by atoms with van der Waals surface area (Å²) in [4.78, 5) is 4.13. The second kappa shape index (κ2) is 5.93. The molecule has 0 saturated carbocycles. The normalized spacial score (nSPS) is 12.6. The van der Waals surface area contributed by atoms with E-state index in [-0.39, 0.29) is 0 Å². The van der Waals surface area contributed by atoms with E-state index in [1.54, 1.807) is 12.4 Å². The summed E-state index contributed by atoms with van der Waals surface area (Å²) in [5.41, 5.74) is 1.17. The molecular weight excluding hydrogens is 280 g/mol. The van der Waals surface area contributed by atoms with Crippen molar-refractivity contribution in [3.8, 4) is 0 Å². The molecule has 0 bridgehead atoms. The van der Waals surface area contributed by atoms with Gasteiger partial charge in [0.2, 0.25) is 0 Å². The summed E-state index contributed by atoms with van der Waals surface area (Å²) in [6.45, 7) is 3.83. The van der Waals surface area contributed by atoms with E-state index in [9.17, 15) is 0 Å². The van der Waals surface area contributed by atoms with Gasteiger partial charge in [-0.2, -0.15) is 5.10 Å². The molecular formula is C12H15BrN4. The number of rotatable bonds is 5. The third-order valence-corrected chi connectivity index (χ3v) is 2.87. The first-order valence-corrected chi connectivity index (χ1v) is 6.33. The van der Waals surface area contributed by atoms with Crippen LogP contribution in [0.25, 0.3) is 0 Å². The fourth-order valence-electron chi connectivity index (χ4n) is 1.60. The van der Waals surface area contributed by atoms with Crippen molar-refractivity contribution >= 4 is 15.9 Å². The zero-order chi connectivity index (χ0) is 12.1. The van der Waals surface area contributed by atoms with E-state index in [0.29, 0.717) is 6.04 Å². The van der Waals surface area contributed by atoms with Gasteiger partial charge in [-0.25, -0.2) is 0 Å². The zero-order valence-electron chi connectivity index (χ0n) is 9.68. The van der Waals surface area contributed by atoms with Gasteiger partial charge in [0, 0.05) is 41.8 Å². The first kappa shape index (κ1) is 12.3. The molecule has 90 valence electrons. The molecule has 0 aliphatic carbocycles. The van der Waals surface area contributed by atoms with Crippen LogP contribution in [0.5, 0.6) is 0 Å². The van der Waals surface area contributed by atoms with Crippen molar-refractivity contribution in [2.24, 2.45) is 0 Å². The highest BCUT2D eigenvalue weighted by Crippen LogP contribution is 2.09. The summed E-state index contributed by atoms with van der Waals surface area (Å²) in [6.07, 6.45) is 7.43. The average Bonchev–Trinajstić information content (AvgIpc) is 2.79. The van der Waals surface area contributed by atoms with Crippen LogP contribution < -0.4 is 5.32 Å². The molecule has 17 heavy (non-hydrogen) atoms. The van der Waals surface area contributed by atoms with E-state index in [1.165, 1.54) is 5.56 Å². The van der Waals surface area contributed by atoms with Crippen LogP contribution in [0.15, 0.2) is 41.4 Å². The highest BCUT2D eigenvalue weighted by Gasteiger charge is 2.03. The van der Waals surface area contributed by atoms with Crippen molar-refractivity contribution in [2.45, 2.75) is 26.1 Å². The van der Waals surface area contributed by atoms with E-state index in [4.69, 9.17) is 0 Å². The van der Waals surface area contributed by atoms with Crippen molar-refractivity contribution in [1.29, 1.82) is 0 Å². The third kappa shape index (κ3) is 3.94. The molecule has 2 heterocycles. The molecule has 4 nitrogen and oxygen atoms in total. The molecule has 1 unspecified atom stereocenters. The van der Waals surface area contributed by atoms with E-state index < -0.39 is 0 Å². The maximum absolute atomic E-state index is 4.18. The molecule has 2 aromatic rings. The predicted octanol–water partition coefficient (Wildman–Crippen LogP) is 2.22. The van der Waals surface area contributed by atoms with Crippen LogP contribution in [0, 0.1) is 0 Å². The number of halogens is 1. The van der Waals surface area contributed by atoms with Gasteiger partial charge in [-0.05, 0) is 40.5 Å². The number of pyridine rings is 1. The predicted molar refractivity (Wildman–Crippen MR) is 70.5 cm³/mol. The minimum Gasteiger partial charge on any atom is -0.308 e. The van der Waals surface area contributed by atoms with Gasteiger partial charge in [-0.3, -0.25) is 9.67 Å². The van der Waals surface area contributed by atoms with Crippen LogP contribution >= 0.6 is 15.9 Å². The van der Waals surface area contributed by atoms with Gasteiger partial charge in [0.25, 0.3) is 0 Å².